The fourth-order valence-electron chi connectivity index (χ4n) is 6.04. The van der Waals surface area contributed by atoms with Gasteiger partial charge in [0.05, 0.1) is 5.52 Å². The van der Waals surface area contributed by atoms with Crippen molar-refractivity contribution in [2.45, 2.75) is 78.0 Å². The van der Waals surface area contributed by atoms with Crippen LogP contribution in [0.15, 0.2) is 79.0 Å². The molecule has 1 fully saturated rings. The number of carbonyl (C=O) groups excluding carboxylic acids is 4. The molecule has 6 atom stereocenters. The largest absolute Gasteiger partial charge is 0.489 e. The van der Waals surface area contributed by atoms with Crippen molar-refractivity contribution in [3.63, 3.8) is 0 Å². The second-order valence-corrected chi connectivity index (χ2v) is 11.8. The molecule has 258 valence electrons. The second kappa shape index (κ2) is 15.3. The lowest BCUT2D eigenvalue weighted by Crippen LogP contribution is -2.60. The number of aromatic nitrogens is 1. The van der Waals surface area contributed by atoms with Crippen molar-refractivity contribution >= 4 is 34.8 Å². The summed E-state index contributed by atoms with van der Waals surface area (Å²) in [5.74, 6) is -2.14. The Morgan fingerprint density at radius 2 is 1.41 bits per heavy atom. The monoisotopic (exact) mass is 673 g/mol. The van der Waals surface area contributed by atoms with Gasteiger partial charge in [-0.05, 0) is 41.8 Å². The van der Waals surface area contributed by atoms with E-state index in [4.69, 9.17) is 28.4 Å². The molecule has 2 heterocycles. The summed E-state index contributed by atoms with van der Waals surface area (Å²) in [7, 11) is 0. The van der Waals surface area contributed by atoms with E-state index in [1.807, 2.05) is 55.5 Å². The Bertz CT molecular complexity index is 1800. The van der Waals surface area contributed by atoms with E-state index in [1.165, 1.54) is 27.7 Å². The summed E-state index contributed by atoms with van der Waals surface area (Å²) in [5.41, 5.74) is 3.60. The minimum Gasteiger partial charge on any atom is -0.489 e. The number of ether oxygens (including phenoxy) is 6. The number of fused-ring (bicyclic) bond motifs is 1. The zero-order chi connectivity index (χ0) is 35.2. The van der Waals surface area contributed by atoms with E-state index < -0.39 is 60.6 Å². The van der Waals surface area contributed by atoms with Gasteiger partial charge in [0.1, 0.15) is 31.2 Å². The first-order valence-corrected chi connectivity index (χ1v) is 15.8. The molecule has 3 aromatic carbocycles. The van der Waals surface area contributed by atoms with Gasteiger partial charge in [-0.15, -0.1) is 0 Å². The van der Waals surface area contributed by atoms with Crippen LogP contribution in [0.4, 0.5) is 0 Å². The van der Waals surface area contributed by atoms with Crippen LogP contribution in [0.3, 0.4) is 0 Å². The standard InChI is InChI=1S/C37H39NO11/c1-21-10-9-13-30-32(21)29(33(43)27-14-16-28(17-15-27)45-19-26-11-7-6-8-12-26)18-38(30)37-36(48-25(5)42)35(47-24(4)41)34(46-23(3)40)31(49-37)20-44-22(2)39/h6-18,31,33-37,43H,19-20H2,1-5H3/t31-,33?,34-,35+,36-,37-/m1/s1. The van der Waals surface area contributed by atoms with Crippen molar-refractivity contribution in [2.75, 3.05) is 6.61 Å². The third kappa shape index (κ3) is 8.27. The smallest absolute Gasteiger partial charge is 0.303 e. The molecule has 5 rings (SSSR count). The third-order valence-electron chi connectivity index (χ3n) is 8.08. The summed E-state index contributed by atoms with van der Waals surface area (Å²) in [6.45, 7) is 6.67. The maximum Gasteiger partial charge on any atom is 0.303 e. The Hall–Kier alpha value is -5.20. The average Bonchev–Trinajstić information content (AvgIpc) is 3.45. The van der Waals surface area contributed by atoms with Gasteiger partial charge in [0, 0.05) is 44.8 Å². The number of rotatable bonds is 11. The normalized spacial score (nSPS) is 21.0. The predicted molar refractivity (Wildman–Crippen MR) is 175 cm³/mol. The minimum atomic E-state index is -1.34. The summed E-state index contributed by atoms with van der Waals surface area (Å²) in [5, 5.41) is 12.5. The molecule has 0 spiro atoms. The van der Waals surface area contributed by atoms with E-state index >= 15 is 0 Å². The van der Waals surface area contributed by atoms with Gasteiger partial charge >= 0.3 is 23.9 Å². The number of esters is 4. The Morgan fingerprint density at radius 1 is 0.776 bits per heavy atom. The molecule has 1 saturated heterocycles. The Balaban J connectivity index is 1.55. The van der Waals surface area contributed by atoms with E-state index in [0.29, 0.717) is 34.4 Å². The highest BCUT2D eigenvalue weighted by molar-refractivity contribution is 5.88. The molecule has 0 aliphatic carbocycles. The molecule has 1 aromatic heterocycles. The van der Waals surface area contributed by atoms with E-state index in [9.17, 15) is 24.3 Å². The summed E-state index contributed by atoms with van der Waals surface area (Å²) >= 11 is 0. The van der Waals surface area contributed by atoms with Gasteiger partial charge in [0.2, 0.25) is 0 Å². The van der Waals surface area contributed by atoms with Gasteiger partial charge < -0.3 is 38.1 Å². The second-order valence-electron chi connectivity index (χ2n) is 11.8. The van der Waals surface area contributed by atoms with Crippen LogP contribution < -0.4 is 4.74 Å². The molecule has 12 nitrogen and oxygen atoms in total. The molecule has 12 heteroatoms. The number of nitrogens with zero attached hydrogens (tertiary/aromatic N) is 1. The highest BCUT2D eigenvalue weighted by atomic mass is 16.7. The van der Waals surface area contributed by atoms with Crippen molar-refractivity contribution < 1.29 is 52.7 Å². The SMILES string of the molecule is CC(=O)OC[C@H]1O[C@@H](n2cc(C(O)c3ccc(OCc4ccccc4)cc3)c3c(C)cccc32)[C@H](OC(C)=O)[C@@H](OC(C)=O)[C@@H]1OC(C)=O. The fourth-order valence-corrected chi connectivity index (χ4v) is 6.04. The van der Waals surface area contributed by atoms with E-state index in [0.717, 1.165) is 11.1 Å². The molecule has 4 aromatic rings. The fraction of sp³-hybridized carbons (Fsp3) is 0.351. The van der Waals surface area contributed by atoms with Gasteiger partial charge in [-0.25, -0.2) is 0 Å². The molecule has 0 saturated carbocycles. The maximum absolute atomic E-state index is 12.5. The predicted octanol–water partition coefficient (Wildman–Crippen LogP) is 4.87. The molecule has 49 heavy (non-hydrogen) atoms. The van der Waals surface area contributed by atoms with Gasteiger partial charge in [0.15, 0.2) is 24.5 Å². The summed E-state index contributed by atoms with van der Waals surface area (Å²) in [4.78, 5) is 48.8. The van der Waals surface area contributed by atoms with Gasteiger partial charge in [-0.3, -0.25) is 19.2 Å². The maximum atomic E-state index is 12.5. The molecular formula is C37H39NO11. The molecule has 0 amide bonds. The topological polar surface area (TPSA) is 149 Å². The Kier molecular flexibility index (Phi) is 11.0. The van der Waals surface area contributed by atoms with Gasteiger partial charge in [-0.1, -0.05) is 54.6 Å². The van der Waals surface area contributed by atoms with E-state index in [-0.39, 0.29) is 6.61 Å². The first-order chi connectivity index (χ1) is 23.4. The average molecular weight is 674 g/mol. The first-order valence-electron chi connectivity index (χ1n) is 15.8. The van der Waals surface area contributed by atoms with Crippen LogP contribution >= 0.6 is 0 Å². The molecular weight excluding hydrogens is 634 g/mol. The summed E-state index contributed by atoms with van der Waals surface area (Å²) in [6, 6.07) is 22.4. The number of hydrogen-bond donors (Lipinski definition) is 1. The number of aliphatic hydroxyl groups is 1. The Morgan fingerprint density at radius 3 is 2.04 bits per heavy atom. The third-order valence-corrected chi connectivity index (χ3v) is 8.08. The number of aryl methyl sites for hydroxylation is 1. The van der Waals surface area contributed by atoms with Crippen molar-refractivity contribution in [2.24, 2.45) is 0 Å². The molecule has 1 N–H and O–H groups in total. The Labute approximate surface area is 283 Å². The number of carbonyl (C=O) groups is 4. The van der Waals surface area contributed by atoms with Crippen molar-refractivity contribution in [1.82, 2.24) is 4.57 Å². The first kappa shape index (κ1) is 35.1. The number of hydrogen-bond acceptors (Lipinski definition) is 11. The van der Waals surface area contributed by atoms with Crippen LogP contribution in [-0.2, 0) is 49.5 Å². The molecule has 0 bridgehead atoms. The summed E-state index contributed by atoms with van der Waals surface area (Å²) in [6.07, 6.45) is -5.68. The summed E-state index contributed by atoms with van der Waals surface area (Å²) < 4.78 is 36.1. The van der Waals surface area contributed by atoms with Gasteiger partial charge in [0.25, 0.3) is 0 Å². The van der Waals surface area contributed by atoms with Gasteiger partial charge in [-0.2, -0.15) is 0 Å². The number of benzene rings is 3. The van der Waals surface area contributed by atoms with Crippen LogP contribution in [0.5, 0.6) is 5.75 Å². The van der Waals surface area contributed by atoms with Crippen molar-refractivity contribution in [1.29, 1.82) is 0 Å². The quantitative estimate of drug-likeness (QED) is 0.172. The lowest BCUT2D eigenvalue weighted by molar-refractivity contribution is -0.267. The van der Waals surface area contributed by atoms with Crippen LogP contribution in [0.2, 0.25) is 0 Å². The zero-order valence-corrected chi connectivity index (χ0v) is 27.9. The van der Waals surface area contributed by atoms with Crippen LogP contribution in [0, 0.1) is 6.92 Å². The number of aliphatic hydroxyl groups excluding tert-OH is 1. The highest BCUT2D eigenvalue weighted by Gasteiger charge is 2.53. The molecule has 1 unspecified atom stereocenters. The lowest BCUT2D eigenvalue weighted by atomic mass is 9.97. The molecule has 1 aliphatic heterocycles. The lowest BCUT2D eigenvalue weighted by Gasteiger charge is -2.44. The van der Waals surface area contributed by atoms with Crippen molar-refractivity contribution in [3.05, 3.63) is 101 Å². The minimum absolute atomic E-state index is 0.360. The molecule has 0 radical (unpaired) electrons. The van der Waals surface area contributed by atoms with Crippen LogP contribution in [0.25, 0.3) is 10.9 Å². The van der Waals surface area contributed by atoms with Crippen LogP contribution in [0.1, 0.15) is 62.3 Å². The van der Waals surface area contributed by atoms with E-state index in [1.54, 1.807) is 35.0 Å². The van der Waals surface area contributed by atoms with E-state index in [2.05, 4.69) is 0 Å². The van der Waals surface area contributed by atoms with Crippen molar-refractivity contribution in [3.8, 4) is 5.75 Å². The zero-order valence-electron chi connectivity index (χ0n) is 27.9. The highest BCUT2D eigenvalue weighted by Crippen LogP contribution is 2.40. The van der Waals surface area contributed by atoms with Crippen LogP contribution in [-0.4, -0.2) is 64.6 Å². The molecule has 1 aliphatic rings.